The molecule has 0 radical (unpaired) electrons. The second-order valence-electron chi connectivity index (χ2n) is 5.75. The van der Waals surface area contributed by atoms with Crippen LogP contribution in [0.3, 0.4) is 0 Å². The van der Waals surface area contributed by atoms with E-state index in [4.69, 9.17) is 0 Å². The molecule has 0 fully saturated rings. The molecule has 0 aliphatic carbocycles. The van der Waals surface area contributed by atoms with E-state index in [1.807, 2.05) is 19.1 Å². The van der Waals surface area contributed by atoms with E-state index in [-0.39, 0.29) is 5.56 Å². The number of hydrogen-bond donors (Lipinski definition) is 1. The van der Waals surface area contributed by atoms with Crippen LogP contribution in [-0.4, -0.2) is 20.9 Å². The number of carboxylic acid groups (broad SMARTS) is 1. The van der Waals surface area contributed by atoms with Crippen LogP contribution in [0.2, 0.25) is 0 Å². The summed E-state index contributed by atoms with van der Waals surface area (Å²) in [6.07, 6.45) is 3.56. The minimum absolute atomic E-state index is 0.264. The Balaban J connectivity index is 2.34. The predicted octanol–water partition coefficient (Wildman–Crippen LogP) is 3.86. The Morgan fingerprint density at radius 1 is 1.29 bits per heavy atom. The average molecular weight is 286 g/mol. The molecule has 1 N–H and O–H groups in total. The Morgan fingerprint density at radius 3 is 2.48 bits per heavy atom. The summed E-state index contributed by atoms with van der Waals surface area (Å²) < 4.78 is 1.71. The molecule has 0 amide bonds. The van der Waals surface area contributed by atoms with Gasteiger partial charge in [0.2, 0.25) is 0 Å². The molecule has 0 spiro atoms. The maximum absolute atomic E-state index is 11.4. The van der Waals surface area contributed by atoms with Gasteiger partial charge in [-0.25, -0.2) is 4.79 Å². The lowest BCUT2D eigenvalue weighted by molar-refractivity contribution is 0.0697. The summed E-state index contributed by atoms with van der Waals surface area (Å²) in [5, 5.41) is 13.7. The van der Waals surface area contributed by atoms with Crippen molar-refractivity contribution in [3.8, 4) is 11.3 Å². The van der Waals surface area contributed by atoms with Gasteiger partial charge in [-0.3, -0.25) is 4.68 Å². The molecule has 4 nitrogen and oxygen atoms in total. The lowest BCUT2D eigenvalue weighted by atomic mass is 10.00. The van der Waals surface area contributed by atoms with Crippen LogP contribution in [0, 0.1) is 5.92 Å². The van der Waals surface area contributed by atoms with Crippen LogP contribution in [0.15, 0.2) is 30.5 Å². The van der Waals surface area contributed by atoms with Crippen LogP contribution >= 0.6 is 0 Å². The van der Waals surface area contributed by atoms with Crippen molar-refractivity contribution in [1.82, 2.24) is 9.78 Å². The number of nitrogens with zero attached hydrogens (tertiary/aromatic N) is 2. The van der Waals surface area contributed by atoms with Gasteiger partial charge in [-0.05, 0) is 24.3 Å². The first-order valence-corrected chi connectivity index (χ1v) is 7.41. The van der Waals surface area contributed by atoms with Crippen LogP contribution < -0.4 is 0 Å². The van der Waals surface area contributed by atoms with Crippen LogP contribution in [-0.2, 0) is 13.0 Å². The summed E-state index contributed by atoms with van der Waals surface area (Å²) in [5.74, 6) is -0.326. The molecule has 0 saturated carbocycles. The highest BCUT2D eigenvalue weighted by Gasteiger charge is 2.16. The van der Waals surface area contributed by atoms with Gasteiger partial charge in [-0.1, -0.05) is 45.0 Å². The summed E-state index contributed by atoms with van der Waals surface area (Å²) in [7, 11) is 0. The number of carboxylic acids is 1. The number of carbonyl (C=O) groups is 1. The first kappa shape index (κ1) is 15.3. The summed E-state index contributed by atoms with van der Waals surface area (Å²) in [5.41, 5.74) is 2.93. The zero-order valence-corrected chi connectivity index (χ0v) is 12.8. The van der Waals surface area contributed by atoms with Gasteiger partial charge in [0.1, 0.15) is 11.3 Å². The van der Waals surface area contributed by atoms with Gasteiger partial charge in [-0.15, -0.1) is 0 Å². The van der Waals surface area contributed by atoms with Crippen molar-refractivity contribution >= 4 is 5.97 Å². The fourth-order valence-corrected chi connectivity index (χ4v) is 2.40. The highest BCUT2D eigenvalue weighted by Crippen LogP contribution is 2.23. The third-order valence-corrected chi connectivity index (χ3v) is 3.32. The second kappa shape index (κ2) is 6.57. The van der Waals surface area contributed by atoms with Crippen LogP contribution in [0.4, 0.5) is 0 Å². The van der Waals surface area contributed by atoms with Gasteiger partial charge in [0, 0.05) is 18.3 Å². The van der Waals surface area contributed by atoms with Crippen LogP contribution in [0.1, 0.15) is 43.1 Å². The first-order valence-electron chi connectivity index (χ1n) is 7.41. The summed E-state index contributed by atoms with van der Waals surface area (Å²) in [4.78, 5) is 11.4. The van der Waals surface area contributed by atoms with Gasteiger partial charge in [0.25, 0.3) is 0 Å². The molecule has 2 rings (SSSR count). The van der Waals surface area contributed by atoms with Crippen molar-refractivity contribution in [2.24, 2.45) is 5.92 Å². The lowest BCUT2D eigenvalue weighted by Gasteiger charge is -2.06. The van der Waals surface area contributed by atoms with E-state index < -0.39 is 5.97 Å². The highest BCUT2D eigenvalue weighted by atomic mass is 16.4. The SMILES string of the molecule is CCCn1cc(C(=O)O)c(-c2ccc(CC(C)C)cc2)n1. The molecule has 0 bridgehead atoms. The fourth-order valence-electron chi connectivity index (χ4n) is 2.40. The van der Waals surface area contributed by atoms with Crippen LogP contribution in [0.5, 0.6) is 0 Å². The monoisotopic (exact) mass is 286 g/mol. The van der Waals surface area contributed by atoms with E-state index in [0.29, 0.717) is 11.6 Å². The minimum Gasteiger partial charge on any atom is -0.478 e. The number of aromatic nitrogens is 2. The molecule has 112 valence electrons. The Hall–Kier alpha value is -2.10. The molecule has 4 heteroatoms. The van der Waals surface area contributed by atoms with Gasteiger partial charge in [0.15, 0.2) is 0 Å². The van der Waals surface area contributed by atoms with Gasteiger partial charge in [0.05, 0.1) is 0 Å². The molecule has 0 unspecified atom stereocenters. The molecule has 1 aromatic carbocycles. The van der Waals surface area contributed by atoms with E-state index in [0.717, 1.165) is 24.9 Å². The Labute approximate surface area is 125 Å². The summed E-state index contributed by atoms with van der Waals surface area (Å²) in [6.45, 7) is 7.14. The highest BCUT2D eigenvalue weighted by molar-refractivity contribution is 5.94. The van der Waals surface area contributed by atoms with Gasteiger partial charge in [-0.2, -0.15) is 5.10 Å². The van der Waals surface area contributed by atoms with Crippen molar-refractivity contribution in [2.45, 2.75) is 40.2 Å². The standard InChI is InChI=1S/C17H22N2O2/c1-4-9-19-11-15(17(20)21)16(18-19)14-7-5-13(6-8-14)10-12(2)3/h5-8,11-12H,4,9-10H2,1-3H3,(H,20,21). The maximum Gasteiger partial charge on any atom is 0.339 e. The Kier molecular flexibility index (Phi) is 4.78. The molecule has 0 aliphatic rings. The van der Waals surface area contributed by atoms with Crippen molar-refractivity contribution in [1.29, 1.82) is 0 Å². The lowest BCUT2D eigenvalue weighted by Crippen LogP contribution is -1.97. The minimum atomic E-state index is -0.932. The largest absolute Gasteiger partial charge is 0.478 e. The topological polar surface area (TPSA) is 55.1 Å². The smallest absolute Gasteiger partial charge is 0.339 e. The number of hydrogen-bond acceptors (Lipinski definition) is 2. The normalized spacial score (nSPS) is 11.0. The van der Waals surface area contributed by atoms with Crippen molar-refractivity contribution in [3.63, 3.8) is 0 Å². The molecule has 2 aromatic rings. The average Bonchev–Trinajstić information content (AvgIpc) is 2.83. The van der Waals surface area contributed by atoms with E-state index in [1.54, 1.807) is 10.9 Å². The molecule has 1 heterocycles. The predicted molar refractivity (Wildman–Crippen MR) is 83.5 cm³/mol. The van der Waals surface area contributed by atoms with E-state index in [2.05, 4.69) is 31.1 Å². The number of rotatable bonds is 6. The number of aryl methyl sites for hydroxylation is 1. The van der Waals surface area contributed by atoms with Gasteiger partial charge >= 0.3 is 5.97 Å². The Morgan fingerprint density at radius 2 is 1.95 bits per heavy atom. The first-order chi connectivity index (χ1) is 10.0. The number of aromatic carboxylic acids is 1. The zero-order chi connectivity index (χ0) is 15.4. The van der Waals surface area contributed by atoms with Crippen molar-refractivity contribution in [2.75, 3.05) is 0 Å². The molecule has 0 saturated heterocycles. The summed E-state index contributed by atoms with van der Waals surface area (Å²) >= 11 is 0. The van der Waals surface area contributed by atoms with Crippen LogP contribution in [0.25, 0.3) is 11.3 Å². The number of benzene rings is 1. The molecule has 0 aliphatic heterocycles. The molecular formula is C17H22N2O2. The fraction of sp³-hybridized carbons (Fsp3) is 0.412. The molecule has 21 heavy (non-hydrogen) atoms. The quantitative estimate of drug-likeness (QED) is 0.877. The maximum atomic E-state index is 11.4. The zero-order valence-electron chi connectivity index (χ0n) is 12.8. The molecular weight excluding hydrogens is 264 g/mol. The van der Waals surface area contributed by atoms with Crippen molar-refractivity contribution in [3.05, 3.63) is 41.6 Å². The molecule has 1 aromatic heterocycles. The Bertz CT molecular complexity index is 612. The van der Waals surface area contributed by atoms with E-state index in [9.17, 15) is 9.90 Å². The second-order valence-corrected chi connectivity index (χ2v) is 5.75. The van der Waals surface area contributed by atoms with Gasteiger partial charge < -0.3 is 5.11 Å². The van der Waals surface area contributed by atoms with E-state index in [1.165, 1.54) is 5.56 Å². The summed E-state index contributed by atoms with van der Waals surface area (Å²) in [6, 6.07) is 8.03. The van der Waals surface area contributed by atoms with E-state index >= 15 is 0 Å². The van der Waals surface area contributed by atoms with Crippen molar-refractivity contribution < 1.29 is 9.90 Å². The third kappa shape index (κ3) is 3.72. The molecule has 0 atom stereocenters. The third-order valence-electron chi connectivity index (χ3n) is 3.32.